The predicted molar refractivity (Wildman–Crippen MR) is 101 cm³/mol. The number of non-ortho nitro benzene ring substituents is 1. The molecule has 0 saturated heterocycles. The summed E-state index contributed by atoms with van der Waals surface area (Å²) in [6.45, 7) is 2.74. The Kier molecular flexibility index (Phi) is 5.35. The third-order valence-corrected chi connectivity index (χ3v) is 5.33. The van der Waals surface area contributed by atoms with Crippen LogP contribution in [0, 0.1) is 17.0 Å². The summed E-state index contributed by atoms with van der Waals surface area (Å²) in [4.78, 5) is 22.7. The van der Waals surface area contributed by atoms with Gasteiger partial charge >= 0.3 is 0 Å². The maximum Gasteiger partial charge on any atom is 0.269 e. The van der Waals surface area contributed by atoms with E-state index in [1.165, 1.54) is 36.1 Å². The second kappa shape index (κ2) is 7.68. The molecule has 0 aromatic heterocycles. The monoisotopic (exact) mass is 352 g/mol. The van der Waals surface area contributed by atoms with Crippen molar-refractivity contribution in [3.8, 4) is 0 Å². The number of carbonyl (C=O) groups excluding carboxylic acids is 1. The smallest absolute Gasteiger partial charge is 0.269 e. The number of hydrogen-bond acceptors (Lipinski definition) is 3. The molecule has 1 aliphatic carbocycles. The van der Waals surface area contributed by atoms with Crippen molar-refractivity contribution in [3.63, 3.8) is 0 Å². The molecule has 136 valence electrons. The highest BCUT2D eigenvalue weighted by molar-refractivity contribution is 5.78. The molecule has 2 aromatic carbocycles. The number of benzene rings is 2. The van der Waals surface area contributed by atoms with Gasteiger partial charge in [-0.3, -0.25) is 14.9 Å². The highest BCUT2D eigenvalue weighted by atomic mass is 16.6. The second-order valence-corrected chi connectivity index (χ2v) is 7.23. The molecular weight excluding hydrogens is 328 g/mol. The molecule has 5 nitrogen and oxygen atoms in total. The zero-order valence-electron chi connectivity index (χ0n) is 15.0. The van der Waals surface area contributed by atoms with Crippen LogP contribution >= 0.6 is 0 Å². The maximum absolute atomic E-state index is 12.4. The zero-order valence-corrected chi connectivity index (χ0v) is 15.0. The van der Waals surface area contributed by atoms with Crippen LogP contribution in [0.15, 0.2) is 48.5 Å². The predicted octanol–water partition coefficient (Wildman–Crippen LogP) is 4.07. The van der Waals surface area contributed by atoms with E-state index in [4.69, 9.17) is 0 Å². The van der Waals surface area contributed by atoms with Crippen molar-refractivity contribution >= 4 is 11.6 Å². The molecule has 26 heavy (non-hydrogen) atoms. The van der Waals surface area contributed by atoms with Gasteiger partial charge in [0.15, 0.2) is 0 Å². The number of nitrogens with zero attached hydrogens (tertiary/aromatic N) is 1. The highest BCUT2D eigenvalue weighted by Gasteiger charge is 2.35. The van der Waals surface area contributed by atoms with E-state index in [1.54, 1.807) is 12.1 Å². The van der Waals surface area contributed by atoms with Crippen LogP contribution in [-0.2, 0) is 16.6 Å². The Labute approximate surface area is 153 Å². The number of aryl methyl sites for hydroxylation is 1. The maximum atomic E-state index is 12.4. The summed E-state index contributed by atoms with van der Waals surface area (Å²) < 4.78 is 0. The van der Waals surface area contributed by atoms with Gasteiger partial charge in [0.1, 0.15) is 0 Å². The molecule has 0 radical (unpaired) electrons. The standard InChI is InChI=1S/C21H24N2O3/c1-16-5-4-6-18(13-16)21(11-2-3-12-21)15-22-20(24)14-17-7-9-19(10-8-17)23(25)26/h4-10,13H,2-3,11-12,14-15H2,1H3,(H,22,24). The van der Waals surface area contributed by atoms with Gasteiger partial charge in [0.2, 0.25) is 5.91 Å². The summed E-state index contributed by atoms with van der Waals surface area (Å²) >= 11 is 0. The fraction of sp³-hybridized carbons (Fsp3) is 0.381. The number of carbonyl (C=O) groups is 1. The van der Waals surface area contributed by atoms with Gasteiger partial charge in [-0.1, -0.05) is 54.8 Å². The van der Waals surface area contributed by atoms with Crippen molar-refractivity contribution in [2.45, 2.75) is 44.4 Å². The lowest BCUT2D eigenvalue weighted by Crippen LogP contribution is -2.39. The van der Waals surface area contributed by atoms with E-state index < -0.39 is 4.92 Å². The van der Waals surface area contributed by atoms with E-state index in [9.17, 15) is 14.9 Å². The first-order valence-corrected chi connectivity index (χ1v) is 9.06. The van der Waals surface area contributed by atoms with Gasteiger partial charge in [-0.05, 0) is 30.9 Å². The molecule has 2 aromatic rings. The molecule has 1 N–H and O–H groups in total. The van der Waals surface area contributed by atoms with Gasteiger partial charge in [0, 0.05) is 24.1 Å². The van der Waals surface area contributed by atoms with Crippen LogP contribution in [0.4, 0.5) is 5.69 Å². The number of amides is 1. The lowest BCUT2D eigenvalue weighted by atomic mass is 9.78. The van der Waals surface area contributed by atoms with Crippen molar-refractivity contribution in [2.75, 3.05) is 6.54 Å². The lowest BCUT2D eigenvalue weighted by molar-refractivity contribution is -0.384. The zero-order chi connectivity index (χ0) is 18.6. The fourth-order valence-corrected chi connectivity index (χ4v) is 3.85. The number of hydrogen-bond donors (Lipinski definition) is 1. The SMILES string of the molecule is Cc1cccc(C2(CNC(=O)Cc3ccc([N+](=O)[O-])cc3)CCCC2)c1. The molecule has 0 spiro atoms. The van der Waals surface area contributed by atoms with E-state index in [1.807, 2.05) is 0 Å². The fourth-order valence-electron chi connectivity index (χ4n) is 3.85. The summed E-state index contributed by atoms with van der Waals surface area (Å²) in [5.41, 5.74) is 3.40. The molecule has 0 unspecified atom stereocenters. The van der Waals surface area contributed by atoms with Crippen LogP contribution in [0.3, 0.4) is 0 Å². The molecule has 0 aliphatic heterocycles. The van der Waals surface area contributed by atoms with Gasteiger partial charge in [0.05, 0.1) is 11.3 Å². The molecule has 3 rings (SSSR count). The number of nitrogens with one attached hydrogen (secondary N) is 1. The molecule has 0 bridgehead atoms. The van der Waals surface area contributed by atoms with Gasteiger partial charge in [-0.2, -0.15) is 0 Å². The van der Waals surface area contributed by atoms with Crippen molar-refractivity contribution in [2.24, 2.45) is 0 Å². The average Bonchev–Trinajstić information content (AvgIpc) is 3.11. The van der Waals surface area contributed by atoms with Gasteiger partial charge < -0.3 is 5.32 Å². The second-order valence-electron chi connectivity index (χ2n) is 7.23. The van der Waals surface area contributed by atoms with E-state index in [0.717, 1.165) is 18.4 Å². The third-order valence-electron chi connectivity index (χ3n) is 5.33. The molecule has 1 saturated carbocycles. The summed E-state index contributed by atoms with van der Waals surface area (Å²) in [6, 6.07) is 14.7. The molecule has 1 amide bonds. The average molecular weight is 352 g/mol. The molecular formula is C21H24N2O3. The summed E-state index contributed by atoms with van der Waals surface area (Å²) in [6.07, 6.45) is 4.79. The molecule has 0 atom stereocenters. The van der Waals surface area contributed by atoms with Crippen LogP contribution < -0.4 is 5.32 Å². The van der Waals surface area contributed by atoms with E-state index >= 15 is 0 Å². The van der Waals surface area contributed by atoms with Gasteiger partial charge in [-0.15, -0.1) is 0 Å². The van der Waals surface area contributed by atoms with Crippen LogP contribution in [0.2, 0.25) is 0 Å². The minimum atomic E-state index is -0.435. The van der Waals surface area contributed by atoms with E-state index in [2.05, 4.69) is 36.5 Å². The third kappa shape index (κ3) is 4.10. The van der Waals surface area contributed by atoms with Gasteiger partial charge in [0.25, 0.3) is 5.69 Å². The molecule has 0 heterocycles. The van der Waals surface area contributed by atoms with Crippen LogP contribution in [0.1, 0.15) is 42.4 Å². The number of nitro groups is 1. The highest BCUT2D eigenvalue weighted by Crippen LogP contribution is 2.40. The number of rotatable bonds is 6. The minimum Gasteiger partial charge on any atom is -0.355 e. The Balaban J connectivity index is 1.64. The lowest BCUT2D eigenvalue weighted by Gasteiger charge is -2.30. The Bertz CT molecular complexity index is 793. The largest absolute Gasteiger partial charge is 0.355 e. The first kappa shape index (κ1) is 18.1. The van der Waals surface area contributed by atoms with E-state index in [0.29, 0.717) is 6.54 Å². The minimum absolute atomic E-state index is 0.0250. The van der Waals surface area contributed by atoms with Crippen LogP contribution in [0.25, 0.3) is 0 Å². The topological polar surface area (TPSA) is 72.2 Å². The molecule has 1 fully saturated rings. The van der Waals surface area contributed by atoms with Crippen LogP contribution in [-0.4, -0.2) is 17.4 Å². The number of nitro benzene ring substituents is 1. The molecule has 1 aliphatic rings. The Hall–Kier alpha value is -2.69. The van der Waals surface area contributed by atoms with E-state index in [-0.39, 0.29) is 23.4 Å². The van der Waals surface area contributed by atoms with Gasteiger partial charge in [-0.25, -0.2) is 0 Å². The van der Waals surface area contributed by atoms with Crippen molar-refractivity contribution < 1.29 is 9.72 Å². The Morgan fingerprint density at radius 2 is 1.85 bits per heavy atom. The summed E-state index contributed by atoms with van der Waals surface area (Å²) in [7, 11) is 0. The molecule has 5 heteroatoms. The van der Waals surface area contributed by atoms with Crippen molar-refractivity contribution in [3.05, 3.63) is 75.3 Å². The Morgan fingerprint density at radius 3 is 2.46 bits per heavy atom. The summed E-state index contributed by atoms with van der Waals surface area (Å²) in [5, 5.41) is 13.8. The van der Waals surface area contributed by atoms with Crippen LogP contribution in [0.5, 0.6) is 0 Å². The Morgan fingerprint density at radius 1 is 1.15 bits per heavy atom. The quantitative estimate of drug-likeness (QED) is 0.629. The van der Waals surface area contributed by atoms with Crippen molar-refractivity contribution in [1.29, 1.82) is 0 Å². The first-order valence-electron chi connectivity index (χ1n) is 9.06. The normalized spacial score (nSPS) is 15.6. The summed E-state index contributed by atoms with van der Waals surface area (Å²) in [5.74, 6) is -0.0437. The van der Waals surface area contributed by atoms with Crippen molar-refractivity contribution in [1.82, 2.24) is 5.32 Å². The first-order chi connectivity index (χ1) is 12.5.